The van der Waals surface area contributed by atoms with Crippen molar-refractivity contribution in [2.75, 3.05) is 46.4 Å². The number of epoxide rings is 2. The van der Waals surface area contributed by atoms with E-state index in [1.807, 2.05) is 48.6 Å². The van der Waals surface area contributed by atoms with E-state index in [1.54, 1.807) is 4.90 Å². The largest absolute Gasteiger partial charge is 0.465 e. The Hall–Kier alpha value is -2.08. The maximum Gasteiger partial charge on any atom is 0.405 e. The third-order valence-electron chi connectivity index (χ3n) is 7.15. The maximum absolute atomic E-state index is 11.4. The van der Waals surface area contributed by atoms with Crippen molar-refractivity contribution in [3.8, 4) is 12.8 Å². The molecule has 39 heavy (non-hydrogen) atoms. The van der Waals surface area contributed by atoms with E-state index in [0.717, 1.165) is 26.1 Å². The molecule has 8 nitrogen and oxygen atoms in total. The number of nitrogens with zero attached hydrogens (tertiary/aromatic N) is 2. The van der Waals surface area contributed by atoms with Crippen molar-refractivity contribution in [1.82, 2.24) is 15.1 Å². The van der Waals surface area contributed by atoms with Gasteiger partial charge in [-0.1, -0.05) is 66.0 Å². The number of hydrogen-bond acceptors (Lipinski definition) is 5. The Labute approximate surface area is 239 Å². The molecule has 1 spiro atoms. The highest BCUT2D eigenvalue weighted by molar-refractivity contribution is 5.81. The van der Waals surface area contributed by atoms with E-state index in [1.165, 1.54) is 31.3 Å². The van der Waals surface area contributed by atoms with E-state index in [2.05, 4.69) is 49.9 Å². The molecule has 1 saturated carbocycles. The molecule has 3 aliphatic heterocycles. The fraction of sp³-hybridized carbons (Fsp3) is 0.806. The third-order valence-corrected chi connectivity index (χ3v) is 7.15. The van der Waals surface area contributed by atoms with Crippen molar-refractivity contribution in [3.05, 3.63) is 11.6 Å². The summed E-state index contributed by atoms with van der Waals surface area (Å²) in [6.07, 6.45) is 15.9. The molecule has 0 aromatic rings. The van der Waals surface area contributed by atoms with E-state index in [0.29, 0.717) is 25.1 Å². The highest BCUT2D eigenvalue weighted by Crippen LogP contribution is 2.58. The molecule has 4 atom stereocenters. The quantitative estimate of drug-likeness (QED) is 0.253. The van der Waals surface area contributed by atoms with Gasteiger partial charge in [0.1, 0.15) is 6.54 Å². The highest BCUT2D eigenvalue weighted by Gasteiger charge is 2.67. The Balaban J connectivity index is 0. The minimum atomic E-state index is -1.16. The number of carbonyl (C=O) groups excluding carboxylic acids is 1. The summed E-state index contributed by atoms with van der Waals surface area (Å²) in [5, 5.41) is 10.4. The topological polar surface area (TPSA) is 97.9 Å². The van der Waals surface area contributed by atoms with Crippen molar-refractivity contribution in [1.29, 1.82) is 0 Å². The molecule has 1 aliphatic carbocycles. The van der Waals surface area contributed by atoms with Gasteiger partial charge in [-0.3, -0.25) is 4.79 Å². The summed E-state index contributed by atoms with van der Waals surface area (Å²) in [7, 11) is 2.00. The second kappa shape index (κ2) is 20.8. The number of hydrogen-bond donors (Lipinski definition) is 2. The van der Waals surface area contributed by atoms with Crippen LogP contribution < -0.4 is 5.32 Å². The van der Waals surface area contributed by atoms with Gasteiger partial charge in [-0.15, -0.1) is 12.8 Å². The van der Waals surface area contributed by atoms with Gasteiger partial charge in [-0.2, -0.15) is 0 Å². The zero-order valence-corrected chi connectivity index (χ0v) is 26.6. The molecule has 4 unspecified atom stereocenters. The van der Waals surface area contributed by atoms with Gasteiger partial charge >= 0.3 is 6.09 Å². The van der Waals surface area contributed by atoms with E-state index in [4.69, 9.17) is 14.6 Å². The monoisotopic (exact) mass is 553 g/mol. The van der Waals surface area contributed by atoms with Crippen LogP contribution in [0.15, 0.2) is 11.6 Å². The van der Waals surface area contributed by atoms with Crippen molar-refractivity contribution >= 4 is 12.0 Å². The average Bonchev–Trinajstić information content (AvgIpc) is 3.88. The summed E-state index contributed by atoms with van der Waals surface area (Å²) in [5.74, 6) is 0.486. The van der Waals surface area contributed by atoms with E-state index in [9.17, 15) is 9.59 Å². The minimum Gasteiger partial charge on any atom is -0.465 e. The van der Waals surface area contributed by atoms with Crippen LogP contribution in [0.2, 0.25) is 0 Å². The number of carbonyl (C=O) groups is 2. The summed E-state index contributed by atoms with van der Waals surface area (Å²) in [6, 6.07) is 0. The van der Waals surface area contributed by atoms with Crippen LogP contribution in [0, 0.1) is 18.8 Å². The number of nitrogens with one attached hydrogen (secondary N) is 1. The van der Waals surface area contributed by atoms with Crippen LogP contribution in [-0.4, -0.2) is 90.6 Å². The Morgan fingerprint density at radius 1 is 1.03 bits per heavy atom. The lowest BCUT2D eigenvalue weighted by Gasteiger charge is -2.32. The van der Waals surface area contributed by atoms with E-state index in [-0.39, 0.29) is 23.7 Å². The predicted octanol–water partition coefficient (Wildman–Crippen LogP) is 5.82. The van der Waals surface area contributed by atoms with Crippen molar-refractivity contribution in [3.63, 3.8) is 0 Å². The number of carboxylic acid groups (broad SMARTS) is 1. The van der Waals surface area contributed by atoms with Gasteiger partial charge < -0.3 is 29.7 Å². The van der Waals surface area contributed by atoms with Gasteiger partial charge in [0.15, 0.2) is 0 Å². The average molecular weight is 554 g/mol. The number of ether oxygens (including phenoxy) is 2. The second-order valence-corrected chi connectivity index (χ2v) is 9.80. The number of allylic oxidation sites excluding steroid dienone is 1. The van der Waals surface area contributed by atoms with Gasteiger partial charge in [0.05, 0.1) is 23.9 Å². The first-order valence-electron chi connectivity index (χ1n) is 14.9. The normalized spacial score (nSPS) is 27.8. The fourth-order valence-electron chi connectivity index (χ4n) is 4.98. The third kappa shape index (κ3) is 13.2. The standard InChI is InChI=1S/C15H24O2.C8H15N3O3.3C2H6.C2H2/c1-11(2)7-8-13-14(3,17-13)12-6-4-5-9-15(12)10-16-15;1-10-2-4-11(5-3-10)7(12)6-9-8(13)14;4*1-2/h7,12-13H,4-6,8-10H2,1-3H3;9H,2-6H2,1H3,(H,13,14);3*1-2H3;1-2H. The molecular formula is C31H59N3O5. The summed E-state index contributed by atoms with van der Waals surface area (Å²) in [5.41, 5.74) is 1.71. The number of amides is 2. The summed E-state index contributed by atoms with van der Waals surface area (Å²) in [6.45, 7) is 22.5. The summed E-state index contributed by atoms with van der Waals surface area (Å²) < 4.78 is 11.8. The smallest absolute Gasteiger partial charge is 0.405 e. The first kappa shape index (κ1) is 39.1. The molecule has 4 aliphatic rings. The van der Waals surface area contributed by atoms with Crippen molar-refractivity contribution < 1.29 is 24.2 Å². The van der Waals surface area contributed by atoms with Crippen LogP contribution in [0.25, 0.3) is 0 Å². The van der Waals surface area contributed by atoms with Crippen molar-refractivity contribution in [2.45, 2.75) is 112 Å². The van der Waals surface area contributed by atoms with Gasteiger partial charge in [0.25, 0.3) is 0 Å². The van der Waals surface area contributed by atoms with Crippen LogP contribution >= 0.6 is 0 Å². The second-order valence-electron chi connectivity index (χ2n) is 9.80. The van der Waals surface area contributed by atoms with Gasteiger partial charge in [-0.05, 0) is 47.1 Å². The Morgan fingerprint density at radius 2 is 1.56 bits per heavy atom. The van der Waals surface area contributed by atoms with E-state index >= 15 is 0 Å². The Kier molecular flexibility index (Phi) is 20.8. The lowest BCUT2D eigenvalue weighted by Crippen LogP contribution is -2.49. The molecular weight excluding hydrogens is 494 g/mol. The number of likely N-dealkylation sites (N-methyl/N-ethyl adjacent to an activating group) is 1. The molecule has 0 radical (unpaired) electrons. The maximum atomic E-state index is 11.4. The number of rotatable bonds is 5. The molecule has 228 valence electrons. The molecule has 2 N–H and O–H groups in total. The van der Waals surface area contributed by atoms with Gasteiger partial charge in [0.2, 0.25) is 5.91 Å². The van der Waals surface area contributed by atoms with Crippen LogP contribution in [0.1, 0.15) is 94.4 Å². The highest BCUT2D eigenvalue weighted by atomic mass is 16.6. The van der Waals surface area contributed by atoms with Crippen LogP contribution in [0.4, 0.5) is 4.79 Å². The predicted molar refractivity (Wildman–Crippen MR) is 162 cm³/mol. The van der Waals surface area contributed by atoms with Crippen LogP contribution in [0.5, 0.6) is 0 Å². The molecule has 4 fully saturated rings. The Morgan fingerprint density at radius 3 is 2.03 bits per heavy atom. The van der Waals surface area contributed by atoms with Gasteiger partial charge in [-0.25, -0.2) is 4.79 Å². The lowest BCUT2D eigenvalue weighted by molar-refractivity contribution is -0.131. The zero-order chi connectivity index (χ0) is 30.6. The minimum absolute atomic E-state index is 0.100. The Bertz CT molecular complexity index is 723. The molecule has 0 aromatic heterocycles. The molecule has 0 aromatic carbocycles. The van der Waals surface area contributed by atoms with Crippen LogP contribution in [-0.2, 0) is 14.3 Å². The van der Waals surface area contributed by atoms with Crippen LogP contribution in [0.3, 0.4) is 0 Å². The molecule has 3 saturated heterocycles. The molecule has 8 heteroatoms. The van der Waals surface area contributed by atoms with Crippen molar-refractivity contribution in [2.24, 2.45) is 5.92 Å². The lowest BCUT2D eigenvalue weighted by atomic mass is 9.71. The number of terminal acetylenes is 1. The van der Waals surface area contributed by atoms with Gasteiger partial charge in [0, 0.05) is 32.1 Å². The first-order valence-corrected chi connectivity index (χ1v) is 14.9. The molecule has 0 bridgehead atoms. The summed E-state index contributed by atoms with van der Waals surface area (Å²) >= 11 is 0. The first-order chi connectivity index (χ1) is 18.7. The zero-order valence-electron chi connectivity index (χ0n) is 26.6. The SMILES string of the molecule is C#C.CC.CC.CC.CC(C)=CCC1OC1(C)C1CCCCC12CO2.CN1CCN(C(=O)CNC(=O)O)CC1. The fourth-order valence-corrected chi connectivity index (χ4v) is 4.98. The molecule has 3 heterocycles. The summed E-state index contributed by atoms with van der Waals surface area (Å²) in [4.78, 5) is 25.3. The molecule has 2 amide bonds. The van der Waals surface area contributed by atoms with E-state index < -0.39 is 6.09 Å². The molecule has 4 rings (SSSR count). The number of piperazine rings is 1.